The molecule has 0 spiro atoms. The Morgan fingerprint density at radius 1 is 1.23 bits per heavy atom. The fourth-order valence-electron chi connectivity index (χ4n) is 2.88. The van der Waals surface area contributed by atoms with Gasteiger partial charge in [-0.1, -0.05) is 6.07 Å². The Morgan fingerprint density at radius 3 is 2.58 bits per heavy atom. The molecular weight excluding hydrogens is 336 g/mol. The quantitative estimate of drug-likeness (QED) is 0.555. The second kappa shape index (κ2) is 9.30. The van der Waals surface area contributed by atoms with Gasteiger partial charge in [0.2, 0.25) is 5.91 Å². The van der Waals surface area contributed by atoms with E-state index >= 15 is 0 Å². The number of nitrogens with one attached hydrogen (secondary N) is 1. The van der Waals surface area contributed by atoms with Crippen LogP contribution < -0.4 is 5.32 Å². The summed E-state index contributed by atoms with van der Waals surface area (Å²) in [7, 11) is 0. The summed E-state index contributed by atoms with van der Waals surface area (Å²) in [5, 5.41) is 20.7. The predicted molar refractivity (Wildman–Crippen MR) is 97.0 cm³/mol. The van der Waals surface area contributed by atoms with Crippen molar-refractivity contribution in [1.29, 1.82) is 0 Å². The highest BCUT2D eigenvalue weighted by molar-refractivity contribution is 5.94. The van der Waals surface area contributed by atoms with E-state index in [9.17, 15) is 9.59 Å². The standard InChI is InChI=1S/C18H26N4O4/c1-13-5-4-8-22-16(14(2)20-17(13)22)18(26)19-7-3-6-15(25)21(9-11-23)10-12-24/h4-5,8,23-24H,3,6-7,9-12H2,1-2H3,(H,19,26). The van der Waals surface area contributed by atoms with Crippen molar-refractivity contribution in [2.24, 2.45) is 0 Å². The molecule has 0 aromatic carbocycles. The molecule has 2 aromatic heterocycles. The molecule has 0 bridgehead atoms. The monoisotopic (exact) mass is 362 g/mol. The minimum absolute atomic E-state index is 0.143. The van der Waals surface area contributed by atoms with Crippen LogP contribution in [0.2, 0.25) is 0 Å². The number of carbonyl (C=O) groups excluding carboxylic acids is 2. The van der Waals surface area contributed by atoms with Crippen LogP contribution in [0.4, 0.5) is 0 Å². The van der Waals surface area contributed by atoms with Crippen molar-refractivity contribution < 1.29 is 19.8 Å². The molecule has 0 aliphatic rings. The lowest BCUT2D eigenvalue weighted by Gasteiger charge is -2.20. The Balaban J connectivity index is 1.91. The van der Waals surface area contributed by atoms with Gasteiger partial charge in [-0.05, 0) is 31.9 Å². The van der Waals surface area contributed by atoms with Crippen LogP contribution in [0.1, 0.15) is 34.6 Å². The van der Waals surface area contributed by atoms with Crippen LogP contribution in [0.25, 0.3) is 5.65 Å². The number of fused-ring (bicyclic) bond motifs is 1. The molecule has 2 aromatic rings. The predicted octanol–water partition coefficient (Wildman–Crippen LogP) is 0.274. The number of aliphatic hydroxyl groups is 2. The molecule has 2 amide bonds. The number of nitrogens with zero attached hydrogens (tertiary/aromatic N) is 3. The lowest BCUT2D eigenvalue weighted by molar-refractivity contribution is -0.132. The largest absolute Gasteiger partial charge is 0.395 e. The van der Waals surface area contributed by atoms with Crippen LogP contribution in [0.5, 0.6) is 0 Å². The second-order valence-electron chi connectivity index (χ2n) is 6.12. The summed E-state index contributed by atoms with van der Waals surface area (Å²) in [5.41, 5.74) is 2.91. The van der Waals surface area contributed by atoms with Gasteiger partial charge in [0.05, 0.1) is 18.9 Å². The molecule has 0 radical (unpaired) electrons. The fraction of sp³-hybridized carbons (Fsp3) is 0.500. The normalized spacial score (nSPS) is 10.9. The first-order valence-electron chi connectivity index (χ1n) is 8.71. The summed E-state index contributed by atoms with van der Waals surface area (Å²) in [4.78, 5) is 30.4. The fourth-order valence-corrected chi connectivity index (χ4v) is 2.88. The summed E-state index contributed by atoms with van der Waals surface area (Å²) < 4.78 is 1.77. The van der Waals surface area contributed by atoms with Crippen molar-refractivity contribution in [3.8, 4) is 0 Å². The zero-order valence-electron chi connectivity index (χ0n) is 15.2. The molecule has 8 heteroatoms. The van der Waals surface area contributed by atoms with Crippen LogP contribution >= 0.6 is 0 Å². The van der Waals surface area contributed by atoms with E-state index in [4.69, 9.17) is 10.2 Å². The lowest BCUT2D eigenvalue weighted by Crippen LogP contribution is -2.36. The van der Waals surface area contributed by atoms with Crippen LogP contribution in [0, 0.1) is 13.8 Å². The summed E-state index contributed by atoms with van der Waals surface area (Å²) in [6.45, 7) is 4.21. The number of rotatable bonds is 9. The zero-order chi connectivity index (χ0) is 19.1. The number of aryl methyl sites for hydroxylation is 2. The molecule has 0 saturated heterocycles. The van der Waals surface area contributed by atoms with Gasteiger partial charge in [-0.2, -0.15) is 0 Å². The van der Waals surface area contributed by atoms with Crippen molar-refractivity contribution >= 4 is 17.5 Å². The number of hydrogen-bond acceptors (Lipinski definition) is 5. The van der Waals surface area contributed by atoms with Gasteiger partial charge in [0, 0.05) is 32.3 Å². The Bertz CT molecular complexity index is 766. The molecule has 0 fully saturated rings. The number of carbonyl (C=O) groups is 2. The van der Waals surface area contributed by atoms with E-state index in [0.717, 1.165) is 11.2 Å². The minimum Gasteiger partial charge on any atom is -0.395 e. The Labute approximate surface area is 152 Å². The summed E-state index contributed by atoms with van der Waals surface area (Å²) >= 11 is 0. The second-order valence-corrected chi connectivity index (χ2v) is 6.12. The highest BCUT2D eigenvalue weighted by Crippen LogP contribution is 2.15. The topological polar surface area (TPSA) is 107 Å². The average Bonchev–Trinajstić information content (AvgIpc) is 2.95. The molecule has 2 rings (SSSR count). The first-order valence-corrected chi connectivity index (χ1v) is 8.71. The van der Waals surface area contributed by atoms with E-state index in [-0.39, 0.29) is 44.5 Å². The van der Waals surface area contributed by atoms with Crippen LogP contribution in [-0.4, -0.2) is 69.2 Å². The van der Waals surface area contributed by atoms with Crippen molar-refractivity contribution in [2.75, 3.05) is 32.8 Å². The molecule has 0 saturated carbocycles. The van der Waals surface area contributed by atoms with Gasteiger partial charge in [0.1, 0.15) is 11.3 Å². The highest BCUT2D eigenvalue weighted by atomic mass is 16.3. The summed E-state index contributed by atoms with van der Waals surface area (Å²) in [6, 6.07) is 3.81. The van der Waals surface area contributed by atoms with Crippen molar-refractivity contribution in [1.82, 2.24) is 19.6 Å². The number of imidazole rings is 1. The molecule has 0 atom stereocenters. The Hall–Kier alpha value is -2.45. The van der Waals surface area contributed by atoms with Gasteiger partial charge in [-0.3, -0.25) is 14.0 Å². The Morgan fingerprint density at radius 2 is 1.92 bits per heavy atom. The summed E-state index contributed by atoms with van der Waals surface area (Å²) in [6.07, 6.45) is 2.53. The van der Waals surface area contributed by atoms with Crippen LogP contribution in [-0.2, 0) is 4.79 Å². The van der Waals surface area contributed by atoms with E-state index < -0.39 is 0 Å². The first-order chi connectivity index (χ1) is 12.5. The van der Waals surface area contributed by atoms with Crippen molar-refractivity contribution in [3.05, 3.63) is 35.3 Å². The third-order valence-electron chi connectivity index (χ3n) is 4.18. The van der Waals surface area contributed by atoms with E-state index in [1.54, 1.807) is 11.3 Å². The molecule has 8 nitrogen and oxygen atoms in total. The van der Waals surface area contributed by atoms with Gasteiger partial charge in [0.25, 0.3) is 5.91 Å². The third-order valence-corrected chi connectivity index (χ3v) is 4.18. The van der Waals surface area contributed by atoms with E-state index in [0.29, 0.717) is 24.4 Å². The lowest BCUT2D eigenvalue weighted by atomic mass is 10.2. The summed E-state index contributed by atoms with van der Waals surface area (Å²) in [5.74, 6) is -0.375. The molecule has 3 N–H and O–H groups in total. The van der Waals surface area contributed by atoms with E-state index in [1.807, 2.05) is 25.3 Å². The number of amides is 2. The van der Waals surface area contributed by atoms with Gasteiger partial charge < -0.3 is 20.4 Å². The SMILES string of the molecule is Cc1nc2c(C)cccn2c1C(=O)NCCCC(=O)N(CCO)CCO. The number of pyridine rings is 1. The van der Waals surface area contributed by atoms with Crippen molar-refractivity contribution in [3.63, 3.8) is 0 Å². The molecule has 0 aliphatic carbocycles. The van der Waals surface area contributed by atoms with E-state index in [2.05, 4.69) is 10.3 Å². The molecule has 0 unspecified atom stereocenters. The maximum Gasteiger partial charge on any atom is 0.270 e. The zero-order valence-corrected chi connectivity index (χ0v) is 15.2. The van der Waals surface area contributed by atoms with Gasteiger partial charge >= 0.3 is 0 Å². The maximum absolute atomic E-state index is 12.5. The maximum atomic E-state index is 12.5. The average molecular weight is 362 g/mol. The number of aliphatic hydroxyl groups excluding tert-OH is 2. The Kier molecular flexibility index (Phi) is 7.11. The number of aromatic nitrogens is 2. The minimum atomic E-state index is -0.226. The van der Waals surface area contributed by atoms with Gasteiger partial charge in [-0.15, -0.1) is 0 Å². The smallest absolute Gasteiger partial charge is 0.270 e. The van der Waals surface area contributed by atoms with Crippen LogP contribution in [0.15, 0.2) is 18.3 Å². The molecule has 2 heterocycles. The van der Waals surface area contributed by atoms with Crippen molar-refractivity contribution in [2.45, 2.75) is 26.7 Å². The molecule has 0 aliphatic heterocycles. The van der Waals surface area contributed by atoms with Gasteiger partial charge in [-0.25, -0.2) is 4.98 Å². The molecule has 142 valence electrons. The first kappa shape index (κ1) is 19.9. The van der Waals surface area contributed by atoms with Gasteiger partial charge in [0.15, 0.2) is 0 Å². The molecule has 26 heavy (non-hydrogen) atoms. The van der Waals surface area contributed by atoms with Crippen LogP contribution in [0.3, 0.4) is 0 Å². The third kappa shape index (κ3) is 4.59. The highest BCUT2D eigenvalue weighted by Gasteiger charge is 2.17. The number of hydrogen-bond donors (Lipinski definition) is 3. The van der Waals surface area contributed by atoms with E-state index in [1.165, 1.54) is 4.90 Å². The molecular formula is C18H26N4O4.